The van der Waals surface area contributed by atoms with Gasteiger partial charge in [-0.25, -0.2) is 4.98 Å². The molecule has 0 saturated carbocycles. The Morgan fingerprint density at radius 2 is 1.73 bits per heavy atom. The number of anilines is 2. The van der Waals surface area contributed by atoms with Crippen molar-refractivity contribution in [2.45, 2.75) is 13.0 Å². The number of carbonyl (C=O) groups is 1. The number of para-hydroxylation sites is 2. The highest BCUT2D eigenvalue weighted by Crippen LogP contribution is 2.27. The summed E-state index contributed by atoms with van der Waals surface area (Å²) in [7, 11) is 1.39. The van der Waals surface area contributed by atoms with E-state index < -0.39 is 0 Å². The first kappa shape index (κ1) is 19.5. The van der Waals surface area contributed by atoms with Gasteiger partial charge in [-0.1, -0.05) is 42.5 Å². The summed E-state index contributed by atoms with van der Waals surface area (Å²) in [5.74, 6) is 0.363. The van der Waals surface area contributed by atoms with Gasteiger partial charge in [-0.15, -0.1) is 0 Å². The second-order valence-corrected chi connectivity index (χ2v) is 6.85. The summed E-state index contributed by atoms with van der Waals surface area (Å²) < 4.78 is 10.8. The SMILES string of the molecule is COC(=O)Cc1cc(OCc2ccc3ccccc3n2)ccc1Nc1ccccc1. The first-order valence-electron chi connectivity index (χ1n) is 9.70. The Morgan fingerprint density at radius 1 is 0.933 bits per heavy atom. The van der Waals surface area contributed by atoms with Crippen molar-refractivity contribution in [3.05, 3.63) is 96.2 Å². The van der Waals surface area contributed by atoms with E-state index in [4.69, 9.17) is 9.47 Å². The number of benzene rings is 3. The Morgan fingerprint density at radius 3 is 2.57 bits per heavy atom. The van der Waals surface area contributed by atoms with Gasteiger partial charge in [0.1, 0.15) is 12.4 Å². The predicted octanol–water partition coefficient (Wildman–Crippen LogP) is 5.27. The van der Waals surface area contributed by atoms with Crippen molar-refractivity contribution in [1.29, 1.82) is 0 Å². The van der Waals surface area contributed by atoms with Gasteiger partial charge >= 0.3 is 5.97 Å². The number of carbonyl (C=O) groups excluding carboxylic acids is 1. The Labute approximate surface area is 175 Å². The molecule has 5 nitrogen and oxygen atoms in total. The molecule has 0 aliphatic carbocycles. The Bertz CT molecular complexity index is 1160. The maximum atomic E-state index is 11.9. The van der Waals surface area contributed by atoms with E-state index in [-0.39, 0.29) is 12.4 Å². The second kappa shape index (κ2) is 9.09. The van der Waals surface area contributed by atoms with Crippen LogP contribution in [0.4, 0.5) is 11.4 Å². The zero-order chi connectivity index (χ0) is 20.8. The third-order valence-corrected chi connectivity index (χ3v) is 4.73. The fraction of sp³-hybridized carbons (Fsp3) is 0.120. The number of methoxy groups -OCH3 is 1. The summed E-state index contributed by atoms with van der Waals surface area (Å²) in [4.78, 5) is 16.5. The van der Waals surface area contributed by atoms with Crippen molar-refractivity contribution < 1.29 is 14.3 Å². The molecule has 0 aliphatic rings. The van der Waals surface area contributed by atoms with Gasteiger partial charge in [0.15, 0.2) is 0 Å². The number of nitrogens with zero attached hydrogens (tertiary/aromatic N) is 1. The summed E-state index contributed by atoms with van der Waals surface area (Å²) in [5, 5.41) is 4.44. The van der Waals surface area contributed by atoms with Crippen LogP contribution in [0.5, 0.6) is 5.75 Å². The molecule has 150 valence electrons. The molecule has 0 spiro atoms. The maximum absolute atomic E-state index is 11.9. The third-order valence-electron chi connectivity index (χ3n) is 4.73. The highest BCUT2D eigenvalue weighted by atomic mass is 16.5. The van der Waals surface area contributed by atoms with Gasteiger partial charge in [0.25, 0.3) is 0 Å². The van der Waals surface area contributed by atoms with Crippen molar-refractivity contribution in [1.82, 2.24) is 4.98 Å². The molecule has 0 amide bonds. The minimum absolute atomic E-state index is 0.150. The van der Waals surface area contributed by atoms with Crippen LogP contribution < -0.4 is 10.1 Å². The molecule has 5 heteroatoms. The van der Waals surface area contributed by atoms with Crippen LogP contribution in [0.15, 0.2) is 84.9 Å². The number of rotatable bonds is 7. The molecular weight excluding hydrogens is 376 g/mol. The highest BCUT2D eigenvalue weighted by molar-refractivity contribution is 5.78. The van der Waals surface area contributed by atoms with E-state index in [0.717, 1.165) is 33.5 Å². The van der Waals surface area contributed by atoms with E-state index in [1.54, 1.807) is 0 Å². The molecule has 0 radical (unpaired) electrons. The lowest BCUT2D eigenvalue weighted by Crippen LogP contribution is -2.07. The molecule has 0 unspecified atom stereocenters. The first-order valence-corrected chi connectivity index (χ1v) is 9.70. The molecule has 0 fully saturated rings. The number of ether oxygens (including phenoxy) is 2. The molecule has 0 atom stereocenters. The number of aromatic nitrogens is 1. The number of esters is 1. The van der Waals surface area contributed by atoms with Gasteiger partial charge in [0, 0.05) is 16.8 Å². The summed E-state index contributed by atoms with van der Waals surface area (Å²) in [6.45, 7) is 0.341. The monoisotopic (exact) mass is 398 g/mol. The van der Waals surface area contributed by atoms with Gasteiger partial charge in [-0.3, -0.25) is 4.79 Å². The van der Waals surface area contributed by atoms with Crippen LogP contribution in [0, 0.1) is 0 Å². The summed E-state index contributed by atoms with van der Waals surface area (Å²) in [6, 6.07) is 27.4. The highest BCUT2D eigenvalue weighted by Gasteiger charge is 2.11. The van der Waals surface area contributed by atoms with Crippen molar-refractivity contribution in [2.75, 3.05) is 12.4 Å². The molecule has 1 N–H and O–H groups in total. The standard InChI is InChI=1S/C25H22N2O3/c1-29-25(28)16-19-15-22(13-14-24(19)26-20-8-3-2-4-9-20)30-17-21-12-11-18-7-5-6-10-23(18)27-21/h2-15,26H,16-17H2,1H3. The molecule has 4 rings (SSSR count). The van der Waals surface area contributed by atoms with Crippen molar-refractivity contribution in [2.24, 2.45) is 0 Å². The summed E-state index contributed by atoms with van der Waals surface area (Å²) in [5.41, 5.74) is 4.36. The molecule has 0 bridgehead atoms. The molecular formula is C25H22N2O3. The molecule has 3 aromatic carbocycles. The van der Waals surface area contributed by atoms with E-state index in [0.29, 0.717) is 12.4 Å². The lowest BCUT2D eigenvalue weighted by Gasteiger charge is -2.14. The minimum Gasteiger partial charge on any atom is -0.487 e. The number of pyridine rings is 1. The van der Waals surface area contributed by atoms with Gasteiger partial charge in [-0.05, 0) is 48.0 Å². The summed E-state index contributed by atoms with van der Waals surface area (Å²) in [6.07, 6.45) is 0.150. The fourth-order valence-corrected chi connectivity index (χ4v) is 3.18. The van der Waals surface area contributed by atoms with E-state index in [1.807, 2.05) is 84.9 Å². The number of hydrogen-bond donors (Lipinski definition) is 1. The van der Waals surface area contributed by atoms with Crippen LogP contribution >= 0.6 is 0 Å². The molecule has 4 aromatic rings. The first-order chi connectivity index (χ1) is 14.7. The van der Waals surface area contributed by atoms with Gasteiger partial charge in [-0.2, -0.15) is 0 Å². The maximum Gasteiger partial charge on any atom is 0.310 e. The van der Waals surface area contributed by atoms with Crippen LogP contribution in [0.1, 0.15) is 11.3 Å². The summed E-state index contributed by atoms with van der Waals surface area (Å²) >= 11 is 0. The van der Waals surface area contributed by atoms with Gasteiger partial charge in [0.05, 0.1) is 24.7 Å². The minimum atomic E-state index is -0.306. The van der Waals surface area contributed by atoms with Crippen molar-refractivity contribution >= 4 is 28.2 Å². The Hall–Kier alpha value is -3.86. The number of fused-ring (bicyclic) bond motifs is 1. The van der Waals surface area contributed by atoms with E-state index in [1.165, 1.54) is 7.11 Å². The van der Waals surface area contributed by atoms with Crippen molar-refractivity contribution in [3.8, 4) is 5.75 Å². The predicted molar refractivity (Wildman–Crippen MR) is 118 cm³/mol. The molecule has 1 aromatic heterocycles. The average Bonchev–Trinajstić information content (AvgIpc) is 2.79. The van der Waals surface area contributed by atoms with Gasteiger partial charge < -0.3 is 14.8 Å². The molecule has 1 heterocycles. The van der Waals surface area contributed by atoms with E-state index in [2.05, 4.69) is 10.3 Å². The largest absolute Gasteiger partial charge is 0.487 e. The van der Waals surface area contributed by atoms with E-state index >= 15 is 0 Å². The third kappa shape index (κ3) is 4.75. The quantitative estimate of drug-likeness (QED) is 0.430. The average molecular weight is 398 g/mol. The molecule has 30 heavy (non-hydrogen) atoms. The topological polar surface area (TPSA) is 60.5 Å². The lowest BCUT2D eigenvalue weighted by atomic mass is 10.1. The van der Waals surface area contributed by atoms with Crippen LogP contribution in [0.25, 0.3) is 10.9 Å². The lowest BCUT2D eigenvalue weighted by molar-refractivity contribution is -0.139. The Kier molecular flexibility index (Phi) is 5.90. The smallest absolute Gasteiger partial charge is 0.310 e. The van der Waals surface area contributed by atoms with Crippen LogP contribution in [0.3, 0.4) is 0 Å². The number of hydrogen-bond acceptors (Lipinski definition) is 5. The normalized spacial score (nSPS) is 10.6. The Balaban J connectivity index is 1.53. The van der Waals surface area contributed by atoms with Crippen LogP contribution in [0.2, 0.25) is 0 Å². The molecule has 0 aliphatic heterocycles. The van der Waals surface area contributed by atoms with Crippen LogP contribution in [-0.4, -0.2) is 18.1 Å². The zero-order valence-electron chi connectivity index (χ0n) is 16.7. The van der Waals surface area contributed by atoms with Crippen LogP contribution in [-0.2, 0) is 22.6 Å². The fourth-order valence-electron chi connectivity index (χ4n) is 3.18. The second-order valence-electron chi connectivity index (χ2n) is 6.85. The van der Waals surface area contributed by atoms with E-state index in [9.17, 15) is 4.79 Å². The number of nitrogens with one attached hydrogen (secondary N) is 1. The van der Waals surface area contributed by atoms with Gasteiger partial charge in [0.2, 0.25) is 0 Å². The molecule has 0 saturated heterocycles. The van der Waals surface area contributed by atoms with Crippen molar-refractivity contribution in [3.63, 3.8) is 0 Å². The zero-order valence-corrected chi connectivity index (χ0v) is 16.7.